The minimum atomic E-state index is -0.167. The van der Waals surface area contributed by atoms with Gasteiger partial charge < -0.3 is 10.6 Å². The molecule has 1 heterocycles. The topological polar surface area (TPSA) is 61.4 Å². The van der Waals surface area contributed by atoms with Crippen LogP contribution >= 0.6 is 0 Å². The zero-order valence-corrected chi connectivity index (χ0v) is 12.7. The van der Waals surface area contributed by atoms with Gasteiger partial charge in [0.1, 0.15) is 0 Å². The third-order valence-corrected chi connectivity index (χ3v) is 4.00. The van der Waals surface area contributed by atoms with Gasteiger partial charge in [0.15, 0.2) is 0 Å². The number of nitrogens with one attached hydrogen (secondary N) is 2. The number of aryl methyl sites for hydroxylation is 1. The molecule has 114 valence electrons. The second-order valence-electron chi connectivity index (χ2n) is 5.45. The standard InChI is InChI=1S/C16H23N3O2/c1-12-6-3-4-7-13(12)10-18-15(20)11-19-9-5-8-14(19)16(21)17-2/h3-4,6-7,14H,5,8-11H2,1-2H3,(H,17,21)(H,18,20)/t14-/m0/s1. The lowest BCUT2D eigenvalue weighted by Crippen LogP contribution is -2.46. The Morgan fingerprint density at radius 1 is 1.33 bits per heavy atom. The molecule has 5 nitrogen and oxygen atoms in total. The lowest BCUT2D eigenvalue weighted by atomic mass is 10.1. The summed E-state index contributed by atoms with van der Waals surface area (Å²) in [6.07, 6.45) is 1.79. The van der Waals surface area contributed by atoms with E-state index < -0.39 is 0 Å². The first kappa shape index (κ1) is 15.5. The summed E-state index contributed by atoms with van der Waals surface area (Å²) >= 11 is 0. The van der Waals surface area contributed by atoms with Gasteiger partial charge in [-0.05, 0) is 37.4 Å². The van der Waals surface area contributed by atoms with Gasteiger partial charge >= 0.3 is 0 Å². The molecule has 0 saturated carbocycles. The molecule has 1 aliphatic rings. The van der Waals surface area contributed by atoms with Crippen LogP contribution in [0.1, 0.15) is 24.0 Å². The van der Waals surface area contributed by atoms with Crippen molar-refractivity contribution in [1.82, 2.24) is 15.5 Å². The molecule has 2 rings (SSSR count). The van der Waals surface area contributed by atoms with Crippen LogP contribution in [-0.4, -0.2) is 42.9 Å². The minimum Gasteiger partial charge on any atom is -0.358 e. The second kappa shape index (κ2) is 7.22. The zero-order valence-electron chi connectivity index (χ0n) is 12.7. The maximum atomic E-state index is 12.1. The molecule has 5 heteroatoms. The van der Waals surface area contributed by atoms with E-state index in [1.807, 2.05) is 36.1 Å². The fourth-order valence-corrected chi connectivity index (χ4v) is 2.72. The number of benzene rings is 1. The van der Waals surface area contributed by atoms with Crippen molar-refractivity contribution in [3.63, 3.8) is 0 Å². The minimum absolute atomic E-state index is 0.000737. The van der Waals surface area contributed by atoms with E-state index in [2.05, 4.69) is 10.6 Å². The molecule has 21 heavy (non-hydrogen) atoms. The normalized spacial score (nSPS) is 18.5. The highest BCUT2D eigenvalue weighted by atomic mass is 16.2. The van der Waals surface area contributed by atoms with E-state index in [1.165, 1.54) is 5.56 Å². The molecule has 1 aromatic rings. The van der Waals surface area contributed by atoms with E-state index in [9.17, 15) is 9.59 Å². The van der Waals surface area contributed by atoms with Crippen molar-refractivity contribution in [2.24, 2.45) is 0 Å². The summed E-state index contributed by atoms with van der Waals surface area (Å²) in [7, 11) is 1.64. The third-order valence-electron chi connectivity index (χ3n) is 4.00. The van der Waals surface area contributed by atoms with Gasteiger partial charge in [0.05, 0.1) is 12.6 Å². The largest absolute Gasteiger partial charge is 0.358 e. The molecule has 0 unspecified atom stereocenters. The molecular weight excluding hydrogens is 266 g/mol. The van der Waals surface area contributed by atoms with Gasteiger partial charge in [-0.2, -0.15) is 0 Å². The summed E-state index contributed by atoms with van der Waals surface area (Å²) in [6, 6.07) is 7.83. The Morgan fingerprint density at radius 3 is 2.81 bits per heavy atom. The molecule has 0 radical (unpaired) electrons. The van der Waals surface area contributed by atoms with Crippen LogP contribution in [0.4, 0.5) is 0 Å². The van der Waals surface area contributed by atoms with Crippen molar-refractivity contribution in [2.75, 3.05) is 20.1 Å². The highest BCUT2D eigenvalue weighted by Gasteiger charge is 2.30. The smallest absolute Gasteiger partial charge is 0.237 e. The Kier molecular flexibility index (Phi) is 5.33. The summed E-state index contributed by atoms with van der Waals surface area (Å²) in [4.78, 5) is 25.8. The quantitative estimate of drug-likeness (QED) is 0.844. The molecule has 1 saturated heterocycles. The molecule has 0 aromatic heterocycles. The number of hydrogen-bond acceptors (Lipinski definition) is 3. The maximum Gasteiger partial charge on any atom is 0.237 e. The third kappa shape index (κ3) is 4.04. The Hall–Kier alpha value is -1.88. The van der Waals surface area contributed by atoms with Crippen LogP contribution in [0.15, 0.2) is 24.3 Å². The average Bonchev–Trinajstić information content (AvgIpc) is 2.93. The van der Waals surface area contributed by atoms with Gasteiger partial charge in [-0.25, -0.2) is 0 Å². The van der Waals surface area contributed by atoms with E-state index in [0.29, 0.717) is 6.54 Å². The monoisotopic (exact) mass is 289 g/mol. The second-order valence-corrected chi connectivity index (χ2v) is 5.45. The molecule has 0 spiro atoms. The SMILES string of the molecule is CNC(=O)[C@@H]1CCCN1CC(=O)NCc1ccccc1C. The van der Waals surface area contributed by atoms with Crippen molar-refractivity contribution in [1.29, 1.82) is 0 Å². The first-order valence-electron chi connectivity index (χ1n) is 7.38. The van der Waals surface area contributed by atoms with Crippen molar-refractivity contribution in [3.8, 4) is 0 Å². The van der Waals surface area contributed by atoms with Gasteiger partial charge in [0.2, 0.25) is 11.8 Å². The van der Waals surface area contributed by atoms with Crippen molar-refractivity contribution in [2.45, 2.75) is 32.4 Å². The molecule has 1 aromatic carbocycles. The lowest BCUT2D eigenvalue weighted by Gasteiger charge is -2.22. The molecule has 0 aliphatic carbocycles. The van der Waals surface area contributed by atoms with Crippen LogP contribution in [0.2, 0.25) is 0 Å². The van der Waals surface area contributed by atoms with E-state index in [1.54, 1.807) is 7.05 Å². The molecule has 0 bridgehead atoms. The fourth-order valence-electron chi connectivity index (χ4n) is 2.72. The first-order valence-corrected chi connectivity index (χ1v) is 7.38. The van der Waals surface area contributed by atoms with Crippen LogP contribution in [0, 0.1) is 6.92 Å². The number of likely N-dealkylation sites (N-methyl/N-ethyl adjacent to an activating group) is 1. The molecule has 1 atom stereocenters. The van der Waals surface area contributed by atoms with E-state index in [4.69, 9.17) is 0 Å². The predicted octanol–water partition coefficient (Wildman–Crippen LogP) is 0.822. The van der Waals surface area contributed by atoms with E-state index in [0.717, 1.165) is 24.9 Å². The average molecular weight is 289 g/mol. The van der Waals surface area contributed by atoms with Crippen LogP contribution in [0.25, 0.3) is 0 Å². The van der Waals surface area contributed by atoms with Gasteiger partial charge in [0, 0.05) is 13.6 Å². The number of rotatable bonds is 5. The predicted molar refractivity (Wildman–Crippen MR) is 81.7 cm³/mol. The van der Waals surface area contributed by atoms with E-state index >= 15 is 0 Å². The van der Waals surface area contributed by atoms with Gasteiger partial charge in [0.25, 0.3) is 0 Å². The van der Waals surface area contributed by atoms with Crippen LogP contribution < -0.4 is 10.6 Å². The number of likely N-dealkylation sites (tertiary alicyclic amines) is 1. The van der Waals surface area contributed by atoms with Gasteiger partial charge in [-0.1, -0.05) is 24.3 Å². The summed E-state index contributed by atoms with van der Waals surface area (Å²) < 4.78 is 0. The molecule has 2 N–H and O–H groups in total. The maximum absolute atomic E-state index is 12.1. The van der Waals surface area contributed by atoms with Crippen LogP contribution in [0.3, 0.4) is 0 Å². The number of nitrogens with zero attached hydrogens (tertiary/aromatic N) is 1. The Bertz CT molecular complexity index is 516. The lowest BCUT2D eigenvalue weighted by molar-refractivity contribution is -0.127. The van der Waals surface area contributed by atoms with Crippen LogP contribution in [-0.2, 0) is 16.1 Å². The Morgan fingerprint density at radius 2 is 2.10 bits per heavy atom. The summed E-state index contributed by atoms with van der Waals surface area (Å²) in [6.45, 7) is 3.65. The Balaban J connectivity index is 1.84. The molecular formula is C16H23N3O2. The van der Waals surface area contributed by atoms with Crippen LogP contribution in [0.5, 0.6) is 0 Å². The molecule has 1 fully saturated rings. The van der Waals surface area contributed by atoms with Crippen molar-refractivity contribution < 1.29 is 9.59 Å². The Labute approximate surface area is 125 Å². The first-order chi connectivity index (χ1) is 10.1. The zero-order chi connectivity index (χ0) is 15.2. The summed E-state index contributed by atoms with van der Waals surface area (Å²) in [5.74, 6) is -0.0340. The molecule has 2 amide bonds. The van der Waals surface area contributed by atoms with Crippen molar-refractivity contribution >= 4 is 11.8 Å². The number of carbonyl (C=O) groups is 2. The number of hydrogen-bond donors (Lipinski definition) is 2. The van der Waals surface area contributed by atoms with Gasteiger partial charge in [-0.3, -0.25) is 14.5 Å². The van der Waals surface area contributed by atoms with Crippen molar-refractivity contribution in [3.05, 3.63) is 35.4 Å². The summed E-state index contributed by atoms with van der Waals surface area (Å²) in [5.41, 5.74) is 2.29. The number of amides is 2. The molecule has 1 aliphatic heterocycles. The highest BCUT2D eigenvalue weighted by Crippen LogP contribution is 2.16. The highest BCUT2D eigenvalue weighted by molar-refractivity contribution is 5.83. The van der Waals surface area contributed by atoms with Gasteiger partial charge in [-0.15, -0.1) is 0 Å². The van der Waals surface area contributed by atoms with E-state index in [-0.39, 0.29) is 24.4 Å². The summed E-state index contributed by atoms with van der Waals surface area (Å²) in [5, 5.41) is 5.59. The fraction of sp³-hybridized carbons (Fsp3) is 0.500. The number of carbonyl (C=O) groups excluding carboxylic acids is 2.